The van der Waals surface area contributed by atoms with E-state index in [4.69, 9.17) is 4.74 Å². The molecule has 1 aliphatic rings. The van der Waals surface area contributed by atoms with E-state index < -0.39 is 0 Å². The predicted octanol–water partition coefficient (Wildman–Crippen LogP) is 3.48. The highest BCUT2D eigenvalue weighted by Gasteiger charge is 2.15. The minimum absolute atomic E-state index is 0.612. The van der Waals surface area contributed by atoms with Gasteiger partial charge in [0.2, 0.25) is 0 Å². The van der Waals surface area contributed by atoms with Crippen LogP contribution in [0.2, 0.25) is 0 Å². The van der Waals surface area contributed by atoms with Crippen LogP contribution in [0.5, 0.6) is 5.75 Å². The molecule has 1 aromatic carbocycles. The van der Waals surface area contributed by atoms with Gasteiger partial charge < -0.3 is 9.64 Å². The van der Waals surface area contributed by atoms with Crippen molar-refractivity contribution < 1.29 is 4.74 Å². The zero-order chi connectivity index (χ0) is 12.1. The Balaban J connectivity index is 2.09. The molecule has 0 radical (unpaired) electrons. The van der Waals surface area contributed by atoms with Gasteiger partial charge in [0.15, 0.2) is 6.73 Å². The van der Waals surface area contributed by atoms with Crippen LogP contribution in [-0.4, -0.2) is 11.6 Å². The highest BCUT2D eigenvalue weighted by Crippen LogP contribution is 2.25. The molecule has 0 aliphatic carbocycles. The van der Waals surface area contributed by atoms with Gasteiger partial charge in [0.25, 0.3) is 0 Å². The molecule has 0 saturated carbocycles. The molecule has 2 rings (SSSR count). The Morgan fingerprint density at radius 3 is 3.00 bits per heavy atom. The van der Waals surface area contributed by atoms with Crippen molar-refractivity contribution in [3.63, 3.8) is 0 Å². The predicted molar refractivity (Wildman–Crippen MR) is 70.6 cm³/mol. The fourth-order valence-corrected chi connectivity index (χ4v) is 1.78. The third-order valence-corrected chi connectivity index (χ3v) is 2.79. The second kappa shape index (κ2) is 5.39. The zero-order valence-electron chi connectivity index (χ0n) is 10.1. The summed E-state index contributed by atoms with van der Waals surface area (Å²) in [5, 5.41) is 0. The molecule has 2 nitrogen and oxygen atoms in total. The smallest absolute Gasteiger partial charge is 0.161 e. The number of allylic oxidation sites excluding steroid dienone is 5. The van der Waals surface area contributed by atoms with Gasteiger partial charge in [0.05, 0.1) is 0 Å². The molecule has 0 unspecified atom stereocenters. The normalized spacial score (nSPS) is 15.6. The number of benzene rings is 1. The largest absolute Gasteiger partial charge is 0.473 e. The molecule has 88 valence electrons. The summed E-state index contributed by atoms with van der Waals surface area (Å²) in [5.74, 6) is 0.998. The zero-order valence-corrected chi connectivity index (χ0v) is 10.1. The van der Waals surface area contributed by atoms with E-state index in [2.05, 4.69) is 30.5 Å². The van der Waals surface area contributed by atoms with Crippen molar-refractivity contribution in [3.05, 3.63) is 66.4 Å². The molecule has 17 heavy (non-hydrogen) atoms. The minimum atomic E-state index is 0.612. The third kappa shape index (κ3) is 2.78. The fraction of sp³-hybridized carbons (Fsp3) is 0.200. The Hall–Kier alpha value is -1.96. The van der Waals surface area contributed by atoms with Crippen molar-refractivity contribution in [1.82, 2.24) is 4.90 Å². The standard InChI is InChI=1S/C15H17NO/c1-3-4-5-8-13(2)16-11-14-9-6-7-10-15(14)17-12-16/h3-10H,1,11-12H2,2H3/b5-4-,13-8+. The number of hydrogen-bond donors (Lipinski definition) is 0. The number of ether oxygens (including phenoxy) is 1. The Morgan fingerprint density at radius 2 is 2.18 bits per heavy atom. The number of para-hydroxylation sites is 1. The maximum Gasteiger partial charge on any atom is 0.161 e. The maximum atomic E-state index is 5.70. The topological polar surface area (TPSA) is 12.5 Å². The second-order valence-electron chi connectivity index (χ2n) is 4.01. The highest BCUT2D eigenvalue weighted by molar-refractivity contribution is 5.35. The van der Waals surface area contributed by atoms with Gasteiger partial charge in [-0.2, -0.15) is 0 Å². The van der Waals surface area contributed by atoms with Gasteiger partial charge in [-0.1, -0.05) is 43.0 Å². The monoisotopic (exact) mass is 227 g/mol. The number of nitrogens with zero attached hydrogens (tertiary/aromatic N) is 1. The molecule has 0 atom stereocenters. The van der Waals surface area contributed by atoms with Crippen molar-refractivity contribution >= 4 is 0 Å². The van der Waals surface area contributed by atoms with E-state index in [0.29, 0.717) is 6.73 Å². The van der Waals surface area contributed by atoms with Crippen molar-refractivity contribution in [1.29, 1.82) is 0 Å². The highest BCUT2D eigenvalue weighted by atomic mass is 16.5. The molecular formula is C15H17NO. The van der Waals surface area contributed by atoms with E-state index in [1.807, 2.05) is 30.4 Å². The molecule has 0 saturated heterocycles. The Morgan fingerprint density at radius 1 is 1.35 bits per heavy atom. The van der Waals surface area contributed by atoms with Gasteiger partial charge in [0, 0.05) is 17.8 Å². The average molecular weight is 227 g/mol. The van der Waals surface area contributed by atoms with Crippen molar-refractivity contribution in [3.8, 4) is 5.75 Å². The molecule has 0 amide bonds. The first kappa shape index (κ1) is 11.5. The minimum Gasteiger partial charge on any atom is -0.473 e. The molecule has 0 spiro atoms. The van der Waals surface area contributed by atoms with E-state index in [1.54, 1.807) is 6.08 Å². The van der Waals surface area contributed by atoms with Crippen LogP contribution in [0.3, 0.4) is 0 Å². The van der Waals surface area contributed by atoms with Gasteiger partial charge in [0.1, 0.15) is 5.75 Å². The van der Waals surface area contributed by atoms with E-state index in [9.17, 15) is 0 Å². The summed E-state index contributed by atoms with van der Waals surface area (Å²) in [6, 6.07) is 8.17. The summed E-state index contributed by atoms with van der Waals surface area (Å²) >= 11 is 0. The first-order valence-corrected chi connectivity index (χ1v) is 5.73. The van der Waals surface area contributed by atoms with Crippen LogP contribution in [0, 0.1) is 0 Å². The van der Waals surface area contributed by atoms with Gasteiger partial charge >= 0.3 is 0 Å². The number of hydrogen-bond acceptors (Lipinski definition) is 2. The quantitative estimate of drug-likeness (QED) is 0.733. The Labute approximate surface area is 103 Å². The lowest BCUT2D eigenvalue weighted by atomic mass is 10.1. The van der Waals surface area contributed by atoms with Crippen molar-refractivity contribution in [2.24, 2.45) is 0 Å². The fourth-order valence-electron chi connectivity index (χ4n) is 1.78. The SMILES string of the molecule is C=C/C=C\C=C(/C)N1COc2ccccc2C1. The van der Waals surface area contributed by atoms with Crippen molar-refractivity contribution in [2.45, 2.75) is 13.5 Å². The average Bonchev–Trinajstić information content (AvgIpc) is 2.38. The Kier molecular flexibility index (Phi) is 3.66. The molecule has 2 heteroatoms. The van der Waals surface area contributed by atoms with E-state index in [0.717, 1.165) is 12.3 Å². The van der Waals surface area contributed by atoms with Crippen LogP contribution in [0.1, 0.15) is 12.5 Å². The van der Waals surface area contributed by atoms with E-state index in [1.165, 1.54) is 11.3 Å². The van der Waals surface area contributed by atoms with E-state index in [-0.39, 0.29) is 0 Å². The summed E-state index contributed by atoms with van der Waals surface area (Å²) in [7, 11) is 0. The maximum absolute atomic E-state index is 5.70. The number of rotatable bonds is 3. The van der Waals surface area contributed by atoms with Crippen molar-refractivity contribution in [2.75, 3.05) is 6.73 Å². The summed E-state index contributed by atoms with van der Waals surface area (Å²) in [6.45, 7) is 7.25. The first-order valence-electron chi connectivity index (χ1n) is 5.73. The molecular weight excluding hydrogens is 210 g/mol. The molecule has 0 bridgehead atoms. The van der Waals surface area contributed by atoms with E-state index >= 15 is 0 Å². The molecule has 1 aromatic rings. The summed E-state index contributed by atoms with van der Waals surface area (Å²) < 4.78 is 5.70. The first-order chi connectivity index (χ1) is 8.31. The third-order valence-electron chi connectivity index (χ3n) is 2.79. The summed E-state index contributed by atoms with van der Waals surface area (Å²) in [5.41, 5.74) is 2.43. The molecule has 0 N–H and O–H groups in total. The number of fused-ring (bicyclic) bond motifs is 1. The molecule has 0 fully saturated rings. The molecule has 1 heterocycles. The Bertz CT molecular complexity index is 460. The van der Waals surface area contributed by atoms with Crippen LogP contribution in [0.4, 0.5) is 0 Å². The lowest BCUT2D eigenvalue weighted by Crippen LogP contribution is -2.30. The molecule has 1 aliphatic heterocycles. The van der Waals surface area contributed by atoms with Crippen LogP contribution in [0.15, 0.2) is 60.8 Å². The summed E-state index contributed by atoms with van der Waals surface area (Å²) in [6.07, 6.45) is 7.75. The van der Waals surface area contributed by atoms with Gasteiger partial charge in [-0.05, 0) is 19.1 Å². The molecule has 0 aromatic heterocycles. The van der Waals surface area contributed by atoms with Crippen LogP contribution >= 0.6 is 0 Å². The van der Waals surface area contributed by atoms with Crippen LogP contribution in [-0.2, 0) is 6.54 Å². The van der Waals surface area contributed by atoms with Gasteiger partial charge in [-0.15, -0.1) is 0 Å². The summed E-state index contributed by atoms with van der Waals surface area (Å²) in [4.78, 5) is 2.20. The van der Waals surface area contributed by atoms with Crippen LogP contribution < -0.4 is 4.74 Å². The lowest BCUT2D eigenvalue weighted by Gasteiger charge is -2.31. The van der Waals surface area contributed by atoms with Gasteiger partial charge in [-0.25, -0.2) is 0 Å². The lowest BCUT2D eigenvalue weighted by molar-refractivity contribution is 0.128. The second-order valence-corrected chi connectivity index (χ2v) is 4.01. The van der Waals surface area contributed by atoms with Crippen LogP contribution in [0.25, 0.3) is 0 Å². The van der Waals surface area contributed by atoms with Gasteiger partial charge in [-0.3, -0.25) is 0 Å².